The molecule has 0 spiro atoms. The molecular weight excluding hydrogens is 474 g/mol. The lowest BCUT2D eigenvalue weighted by molar-refractivity contribution is 0.102. The van der Waals surface area contributed by atoms with Crippen molar-refractivity contribution in [1.82, 2.24) is 4.98 Å². The molecule has 0 atom stereocenters. The highest BCUT2D eigenvalue weighted by Gasteiger charge is 2.29. The van der Waals surface area contributed by atoms with Crippen LogP contribution in [0.15, 0.2) is 66.9 Å². The van der Waals surface area contributed by atoms with Crippen LogP contribution < -0.4 is 9.03 Å². The van der Waals surface area contributed by atoms with E-state index >= 15 is 0 Å². The summed E-state index contributed by atoms with van der Waals surface area (Å²) in [5, 5.41) is 2.82. The average Bonchev–Trinajstić information content (AvgIpc) is 2.72. The lowest BCUT2D eigenvalue weighted by Crippen LogP contribution is -2.35. The van der Waals surface area contributed by atoms with Gasteiger partial charge < -0.3 is 5.32 Å². The van der Waals surface area contributed by atoms with Crippen molar-refractivity contribution in [3.63, 3.8) is 0 Å². The minimum absolute atomic E-state index is 0.00236. The normalized spacial score (nSPS) is 12.3. The van der Waals surface area contributed by atoms with E-state index in [4.69, 9.17) is 0 Å². The maximum atomic E-state index is 12.7. The highest BCUT2D eigenvalue weighted by molar-refractivity contribution is 8.09. The summed E-state index contributed by atoms with van der Waals surface area (Å²) in [6, 6.07) is 16.8. The number of nitrogens with zero attached hydrogens (tertiary/aromatic N) is 2. The van der Waals surface area contributed by atoms with E-state index in [1.165, 1.54) is 18.3 Å². The summed E-state index contributed by atoms with van der Waals surface area (Å²) in [5.74, 6) is -0.357. The van der Waals surface area contributed by atoms with Crippen LogP contribution in [0.25, 0.3) is 11.3 Å². The third-order valence-electron chi connectivity index (χ3n) is 5.01. The number of para-hydroxylation sites is 1. The SMILES string of the molecule is CC(C)(C)c1ccc(NC(=O)c2ccc(-c3ccccc3N(S(C)(=O)=O)S(C)(=O)=O)nc2)cc1. The number of carbonyl (C=O) groups excluding carboxylic acids is 1. The Balaban J connectivity index is 1.89. The maximum Gasteiger partial charge on any atom is 0.257 e. The molecule has 1 aromatic heterocycles. The fraction of sp³-hybridized carbons (Fsp3) is 0.250. The van der Waals surface area contributed by atoms with Gasteiger partial charge in [-0.05, 0) is 41.3 Å². The summed E-state index contributed by atoms with van der Waals surface area (Å²) in [5.41, 5.74) is 2.65. The zero-order valence-electron chi connectivity index (χ0n) is 19.6. The first kappa shape index (κ1) is 25.4. The van der Waals surface area contributed by atoms with Crippen LogP contribution in [0.4, 0.5) is 11.4 Å². The minimum Gasteiger partial charge on any atom is -0.322 e. The number of aromatic nitrogens is 1. The van der Waals surface area contributed by atoms with Gasteiger partial charge in [-0.2, -0.15) is 3.71 Å². The van der Waals surface area contributed by atoms with Crippen LogP contribution in [0.5, 0.6) is 0 Å². The lowest BCUT2D eigenvalue weighted by Gasteiger charge is -2.22. The zero-order valence-corrected chi connectivity index (χ0v) is 21.2. The average molecular weight is 502 g/mol. The smallest absolute Gasteiger partial charge is 0.257 e. The molecule has 2 aromatic carbocycles. The molecule has 10 heteroatoms. The number of carbonyl (C=O) groups is 1. The molecular formula is C24H27N3O5S2. The topological polar surface area (TPSA) is 114 Å². The van der Waals surface area contributed by atoms with E-state index in [-0.39, 0.29) is 17.0 Å². The van der Waals surface area contributed by atoms with Gasteiger partial charge in [0, 0.05) is 17.4 Å². The van der Waals surface area contributed by atoms with E-state index in [2.05, 4.69) is 31.1 Å². The number of pyridine rings is 1. The number of benzene rings is 2. The molecule has 3 rings (SSSR count). The van der Waals surface area contributed by atoms with Crippen LogP contribution in [0, 0.1) is 0 Å². The van der Waals surface area contributed by atoms with Crippen molar-refractivity contribution in [3.05, 3.63) is 78.0 Å². The third-order valence-corrected chi connectivity index (χ3v) is 8.24. The molecule has 0 saturated heterocycles. The number of amides is 1. The molecule has 8 nitrogen and oxygen atoms in total. The van der Waals surface area contributed by atoms with Crippen molar-refractivity contribution in [2.75, 3.05) is 21.5 Å². The fourth-order valence-corrected chi connectivity index (χ4v) is 6.40. The molecule has 1 heterocycles. The van der Waals surface area contributed by atoms with E-state index in [0.29, 0.717) is 26.2 Å². The predicted molar refractivity (Wildman–Crippen MR) is 135 cm³/mol. The zero-order chi connectivity index (χ0) is 25.3. The Bertz CT molecular complexity index is 1380. The van der Waals surface area contributed by atoms with E-state index < -0.39 is 20.0 Å². The summed E-state index contributed by atoms with van der Waals surface area (Å²) < 4.78 is 49.3. The van der Waals surface area contributed by atoms with Crippen molar-refractivity contribution in [1.29, 1.82) is 0 Å². The maximum absolute atomic E-state index is 12.7. The molecule has 0 aliphatic rings. The Morgan fingerprint density at radius 3 is 1.94 bits per heavy atom. The van der Waals surface area contributed by atoms with Gasteiger partial charge in [0.05, 0.1) is 29.5 Å². The van der Waals surface area contributed by atoms with Crippen molar-refractivity contribution < 1.29 is 21.6 Å². The number of hydrogen-bond donors (Lipinski definition) is 1. The van der Waals surface area contributed by atoms with E-state index in [0.717, 1.165) is 18.1 Å². The molecule has 1 amide bonds. The van der Waals surface area contributed by atoms with Crippen LogP contribution in [-0.2, 0) is 25.5 Å². The second kappa shape index (κ2) is 9.19. The van der Waals surface area contributed by atoms with Crippen LogP contribution in [0.2, 0.25) is 0 Å². The number of rotatable bonds is 6. The molecule has 1 N–H and O–H groups in total. The monoisotopic (exact) mass is 501 g/mol. The standard InChI is InChI=1S/C24H27N3O5S2/c1-24(2,3)18-11-13-19(14-12-18)26-23(28)17-10-15-21(25-16-17)20-8-6-7-9-22(20)27(33(4,29)30)34(5,31)32/h6-16H,1-5H3,(H,26,28). The molecule has 34 heavy (non-hydrogen) atoms. The molecule has 0 saturated carbocycles. The molecule has 0 aliphatic heterocycles. The molecule has 3 aromatic rings. The molecule has 0 bridgehead atoms. The van der Waals surface area contributed by atoms with Gasteiger partial charge in [0.25, 0.3) is 5.91 Å². The van der Waals surface area contributed by atoms with Gasteiger partial charge in [-0.25, -0.2) is 16.8 Å². The largest absolute Gasteiger partial charge is 0.322 e. The Hall–Kier alpha value is -3.24. The van der Waals surface area contributed by atoms with Crippen molar-refractivity contribution in [3.8, 4) is 11.3 Å². The Morgan fingerprint density at radius 1 is 0.853 bits per heavy atom. The molecule has 0 unspecified atom stereocenters. The van der Waals surface area contributed by atoms with E-state index in [1.54, 1.807) is 24.3 Å². The summed E-state index contributed by atoms with van der Waals surface area (Å²) in [6.45, 7) is 6.32. The van der Waals surface area contributed by atoms with Crippen LogP contribution >= 0.6 is 0 Å². The van der Waals surface area contributed by atoms with Crippen LogP contribution in [0.3, 0.4) is 0 Å². The first-order valence-electron chi connectivity index (χ1n) is 10.4. The lowest BCUT2D eigenvalue weighted by atomic mass is 9.87. The van der Waals surface area contributed by atoms with Crippen LogP contribution in [0.1, 0.15) is 36.7 Å². The summed E-state index contributed by atoms with van der Waals surface area (Å²) in [6.07, 6.45) is 3.00. The van der Waals surface area contributed by atoms with Gasteiger partial charge >= 0.3 is 0 Å². The number of sulfonamides is 2. The summed E-state index contributed by atoms with van der Waals surface area (Å²) in [4.78, 5) is 17.0. The first-order valence-corrected chi connectivity index (χ1v) is 14.1. The third kappa shape index (κ3) is 5.81. The molecule has 0 radical (unpaired) electrons. The van der Waals surface area contributed by atoms with E-state index in [1.807, 2.05) is 24.3 Å². The predicted octanol–water partition coefficient (Wildman–Crippen LogP) is 4.02. The van der Waals surface area contributed by atoms with Gasteiger partial charge in [0.15, 0.2) is 0 Å². The minimum atomic E-state index is -4.12. The summed E-state index contributed by atoms with van der Waals surface area (Å²) >= 11 is 0. The van der Waals surface area contributed by atoms with Gasteiger partial charge in [-0.3, -0.25) is 9.78 Å². The van der Waals surface area contributed by atoms with Crippen molar-refractivity contribution in [2.24, 2.45) is 0 Å². The summed E-state index contributed by atoms with van der Waals surface area (Å²) in [7, 11) is -8.24. The quantitative estimate of drug-likeness (QED) is 0.546. The molecule has 0 fully saturated rings. The number of anilines is 2. The van der Waals surface area contributed by atoms with E-state index in [9.17, 15) is 21.6 Å². The van der Waals surface area contributed by atoms with Gasteiger partial charge in [-0.15, -0.1) is 0 Å². The Kier molecular flexibility index (Phi) is 6.86. The first-order chi connectivity index (χ1) is 15.7. The Morgan fingerprint density at radius 2 is 1.44 bits per heavy atom. The molecule has 180 valence electrons. The molecule has 0 aliphatic carbocycles. The number of hydrogen-bond acceptors (Lipinski definition) is 6. The Labute approximate surface area is 200 Å². The van der Waals surface area contributed by atoms with Gasteiger partial charge in [-0.1, -0.05) is 51.1 Å². The van der Waals surface area contributed by atoms with Crippen molar-refractivity contribution in [2.45, 2.75) is 26.2 Å². The number of nitrogens with one attached hydrogen (secondary N) is 1. The highest BCUT2D eigenvalue weighted by Crippen LogP contribution is 2.32. The van der Waals surface area contributed by atoms with Crippen LogP contribution in [-0.4, -0.2) is 40.2 Å². The second-order valence-corrected chi connectivity index (χ2v) is 12.8. The van der Waals surface area contributed by atoms with Crippen molar-refractivity contribution >= 4 is 37.3 Å². The second-order valence-electron chi connectivity index (χ2n) is 8.95. The highest BCUT2D eigenvalue weighted by atomic mass is 32.3. The van der Waals surface area contributed by atoms with Gasteiger partial charge in [0.2, 0.25) is 20.0 Å². The fourth-order valence-electron chi connectivity index (χ4n) is 3.40. The van der Waals surface area contributed by atoms with Gasteiger partial charge in [0.1, 0.15) is 0 Å².